The molecule has 5 aromatic rings. The van der Waals surface area contributed by atoms with Crippen molar-refractivity contribution in [1.29, 1.82) is 0 Å². The molecule has 8 nitrogen and oxygen atoms in total. The minimum atomic E-state index is -0.106. The van der Waals surface area contributed by atoms with Crippen LogP contribution < -0.4 is 10.3 Å². The maximum atomic E-state index is 13.1. The van der Waals surface area contributed by atoms with Crippen LogP contribution >= 0.6 is 11.3 Å². The third-order valence-corrected chi connectivity index (χ3v) is 7.16. The number of nitrogens with zero attached hydrogens (tertiary/aromatic N) is 5. The zero-order chi connectivity index (χ0) is 24.9. The van der Waals surface area contributed by atoms with Crippen LogP contribution in [-0.2, 0) is 19.6 Å². The van der Waals surface area contributed by atoms with E-state index in [1.54, 1.807) is 18.4 Å². The third kappa shape index (κ3) is 5.22. The number of tetrazole rings is 1. The predicted octanol–water partition coefficient (Wildman–Crippen LogP) is 4.79. The molecular formula is C27H28N6O2S. The van der Waals surface area contributed by atoms with E-state index >= 15 is 0 Å². The molecule has 0 amide bonds. The van der Waals surface area contributed by atoms with Gasteiger partial charge in [0.25, 0.3) is 5.56 Å². The molecule has 3 heterocycles. The molecule has 0 aliphatic rings. The van der Waals surface area contributed by atoms with Crippen molar-refractivity contribution in [3.05, 3.63) is 104 Å². The number of rotatable bonds is 10. The van der Waals surface area contributed by atoms with Gasteiger partial charge in [-0.2, -0.15) is 0 Å². The van der Waals surface area contributed by atoms with E-state index in [0.717, 1.165) is 28.7 Å². The summed E-state index contributed by atoms with van der Waals surface area (Å²) in [5, 5.41) is 15.8. The minimum absolute atomic E-state index is 0.0724. The number of aromatic amines is 1. The number of benzene rings is 2. The zero-order valence-electron chi connectivity index (χ0n) is 20.3. The summed E-state index contributed by atoms with van der Waals surface area (Å²) in [6.07, 6.45) is 0.795. The fraction of sp³-hybridized carbons (Fsp3) is 0.259. The Morgan fingerprint density at radius 2 is 1.94 bits per heavy atom. The molecule has 5 rings (SSSR count). The second kappa shape index (κ2) is 10.8. The molecule has 3 aromatic heterocycles. The van der Waals surface area contributed by atoms with Crippen LogP contribution in [0.1, 0.15) is 41.2 Å². The Morgan fingerprint density at radius 1 is 1.08 bits per heavy atom. The highest BCUT2D eigenvalue weighted by Crippen LogP contribution is 2.28. The maximum absolute atomic E-state index is 13.1. The Hall–Kier alpha value is -3.82. The second-order valence-corrected chi connectivity index (χ2v) is 9.70. The Bertz CT molecular complexity index is 1480. The normalized spacial score (nSPS) is 12.3. The lowest BCUT2D eigenvalue weighted by Crippen LogP contribution is -2.32. The average molecular weight is 501 g/mol. The van der Waals surface area contributed by atoms with E-state index in [9.17, 15) is 4.79 Å². The number of ether oxygens (including phenoxy) is 1. The molecule has 0 radical (unpaired) electrons. The van der Waals surface area contributed by atoms with E-state index in [1.165, 1.54) is 4.88 Å². The highest BCUT2D eigenvalue weighted by Gasteiger charge is 2.26. The van der Waals surface area contributed by atoms with Gasteiger partial charge in [-0.3, -0.25) is 9.69 Å². The number of thiophene rings is 1. The number of pyridine rings is 1. The number of nitrogens with one attached hydrogen (secondary N) is 1. The highest BCUT2D eigenvalue weighted by atomic mass is 32.1. The fourth-order valence-electron chi connectivity index (χ4n) is 4.49. The first-order chi connectivity index (χ1) is 17.6. The molecule has 1 atom stereocenters. The van der Waals surface area contributed by atoms with Gasteiger partial charge in [-0.15, -0.1) is 16.4 Å². The molecule has 0 bridgehead atoms. The van der Waals surface area contributed by atoms with Crippen molar-refractivity contribution in [3.8, 4) is 5.75 Å². The van der Waals surface area contributed by atoms with Crippen LogP contribution in [0.15, 0.2) is 76.9 Å². The van der Waals surface area contributed by atoms with Crippen LogP contribution in [0.3, 0.4) is 0 Å². The van der Waals surface area contributed by atoms with E-state index in [2.05, 4.69) is 62.0 Å². The van der Waals surface area contributed by atoms with E-state index in [0.29, 0.717) is 30.9 Å². The van der Waals surface area contributed by atoms with Crippen LogP contribution in [-0.4, -0.2) is 37.2 Å². The minimum Gasteiger partial charge on any atom is -0.497 e. The zero-order valence-corrected chi connectivity index (χ0v) is 21.1. The van der Waals surface area contributed by atoms with Crippen molar-refractivity contribution in [2.24, 2.45) is 0 Å². The summed E-state index contributed by atoms with van der Waals surface area (Å²) in [4.78, 5) is 19.6. The van der Waals surface area contributed by atoms with Crippen molar-refractivity contribution in [2.45, 2.75) is 39.0 Å². The van der Waals surface area contributed by atoms with Gasteiger partial charge >= 0.3 is 0 Å². The lowest BCUT2D eigenvalue weighted by atomic mass is 10.1. The first kappa shape index (κ1) is 23.9. The summed E-state index contributed by atoms with van der Waals surface area (Å²) in [5.74, 6) is 1.50. The van der Waals surface area contributed by atoms with Crippen molar-refractivity contribution in [1.82, 2.24) is 30.1 Å². The van der Waals surface area contributed by atoms with Gasteiger partial charge in [-0.05, 0) is 57.4 Å². The number of aromatic nitrogens is 5. The molecule has 2 aromatic carbocycles. The van der Waals surface area contributed by atoms with Gasteiger partial charge in [-0.25, -0.2) is 4.68 Å². The van der Waals surface area contributed by atoms with E-state index in [-0.39, 0.29) is 11.6 Å². The van der Waals surface area contributed by atoms with E-state index in [1.807, 2.05) is 47.1 Å². The van der Waals surface area contributed by atoms with E-state index < -0.39 is 0 Å². The highest BCUT2D eigenvalue weighted by molar-refractivity contribution is 7.09. The summed E-state index contributed by atoms with van der Waals surface area (Å²) < 4.78 is 7.17. The molecule has 0 fully saturated rings. The van der Waals surface area contributed by atoms with Gasteiger partial charge in [0.1, 0.15) is 5.75 Å². The molecule has 0 saturated carbocycles. The van der Waals surface area contributed by atoms with Crippen molar-refractivity contribution < 1.29 is 4.74 Å². The molecule has 184 valence electrons. The molecular weight excluding hydrogens is 472 g/mol. The number of hydrogen-bond donors (Lipinski definition) is 1. The molecule has 9 heteroatoms. The topological polar surface area (TPSA) is 88.9 Å². The van der Waals surface area contributed by atoms with E-state index in [4.69, 9.17) is 4.74 Å². The van der Waals surface area contributed by atoms with Crippen molar-refractivity contribution >= 4 is 22.2 Å². The number of H-pyrrole nitrogens is 1. The van der Waals surface area contributed by atoms with Gasteiger partial charge in [0.05, 0.1) is 25.2 Å². The van der Waals surface area contributed by atoms with Crippen LogP contribution in [0, 0.1) is 0 Å². The number of methoxy groups -OCH3 is 1. The monoisotopic (exact) mass is 500 g/mol. The van der Waals surface area contributed by atoms with Crippen LogP contribution in [0.25, 0.3) is 10.9 Å². The van der Waals surface area contributed by atoms with Gasteiger partial charge in [0, 0.05) is 29.6 Å². The molecule has 0 spiro atoms. The fourth-order valence-corrected chi connectivity index (χ4v) is 5.22. The molecule has 1 N–H and O–H groups in total. The Labute approximate surface area is 213 Å². The van der Waals surface area contributed by atoms with Crippen LogP contribution in [0.2, 0.25) is 0 Å². The quantitative estimate of drug-likeness (QED) is 0.297. The molecule has 36 heavy (non-hydrogen) atoms. The molecule has 0 unspecified atom stereocenters. The maximum Gasteiger partial charge on any atom is 0.252 e. The van der Waals surface area contributed by atoms with Gasteiger partial charge in [0.2, 0.25) is 0 Å². The predicted molar refractivity (Wildman–Crippen MR) is 141 cm³/mol. The third-order valence-electron chi connectivity index (χ3n) is 6.30. The van der Waals surface area contributed by atoms with Crippen molar-refractivity contribution in [2.75, 3.05) is 7.11 Å². The van der Waals surface area contributed by atoms with Crippen molar-refractivity contribution in [3.63, 3.8) is 0 Å². The van der Waals surface area contributed by atoms with Gasteiger partial charge in [-0.1, -0.05) is 43.3 Å². The summed E-state index contributed by atoms with van der Waals surface area (Å²) >= 11 is 1.70. The second-order valence-electron chi connectivity index (χ2n) is 8.67. The first-order valence-electron chi connectivity index (χ1n) is 11.9. The molecule has 0 saturated heterocycles. The Kier molecular flexibility index (Phi) is 7.20. The molecule has 0 aliphatic heterocycles. The summed E-state index contributed by atoms with van der Waals surface area (Å²) in [7, 11) is 1.62. The van der Waals surface area contributed by atoms with Gasteiger partial charge < -0.3 is 9.72 Å². The summed E-state index contributed by atoms with van der Waals surface area (Å²) in [5.41, 5.74) is 2.48. The van der Waals surface area contributed by atoms with Crippen LogP contribution in [0.5, 0.6) is 5.75 Å². The van der Waals surface area contributed by atoms with Crippen LogP contribution in [0.4, 0.5) is 0 Å². The lowest BCUT2D eigenvalue weighted by molar-refractivity contribution is 0.163. The first-order valence-corrected chi connectivity index (χ1v) is 12.8. The number of hydrogen-bond acceptors (Lipinski definition) is 7. The standard InChI is InChI=1S/C27H28N6O2S/c1-3-25(26-29-30-31-33(26)16-19-8-5-4-6-9-19)32(18-23-10-7-13-36-23)17-21-14-20-11-12-22(35-2)15-24(20)28-27(21)34/h4-15,25H,3,16-18H2,1-2H3,(H,28,34)/t25-/m1/s1. The summed E-state index contributed by atoms with van der Waals surface area (Å²) in [6.45, 7) is 3.87. The Morgan fingerprint density at radius 3 is 2.69 bits per heavy atom. The SMILES string of the molecule is CC[C@H](c1nnnn1Cc1ccccc1)N(Cc1cccs1)Cc1cc2ccc(OC)cc2[nH]c1=O. The largest absolute Gasteiger partial charge is 0.497 e. The lowest BCUT2D eigenvalue weighted by Gasteiger charge is -2.30. The Balaban J connectivity index is 1.49. The number of fused-ring (bicyclic) bond motifs is 1. The molecule has 0 aliphatic carbocycles. The summed E-state index contributed by atoms with van der Waals surface area (Å²) in [6, 6.07) is 21.9. The average Bonchev–Trinajstić information content (AvgIpc) is 3.58. The van der Waals surface area contributed by atoms with Gasteiger partial charge in [0.15, 0.2) is 5.82 Å². The smallest absolute Gasteiger partial charge is 0.252 e.